The van der Waals surface area contributed by atoms with Crippen molar-refractivity contribution >= 4 is 28.8 Å². The van der Waals surface area contributed by atoms with E-state index < -0.39 is 17.6 Å². The first kappa shape index (κ1) is 24.7. The van der Waals surface area contributed by atoms with E-state index in [1.165, 1.54) is 11.8 Å². The maximum Gasteiger partial charge on any atom is 0.338 e. The van der Waals surface area contributed by atoms with Gasteiger partial charge in [0.15, 0.2) is 5.17 Å². The number of hydrogen-bond acceptors (Lipinski definition) is 7. The fourth-order valence-electron chi connectivity index (χ4n) is 4.02. The van der Waals surface area contributed by atoms with Crippen LogP contribution in [-0.4, -0.2) is 39.1 Å². The number of hydrogen-bond donors (Lipinski definition) is 1. The normalized spacial score (nSPS) is 17.5. The number of amidine groups is 1. The molecule has 0 radical (unpaired) electrons. The first-order valence-electron chi connectivity index (χ1n) is 11.6. The van der Waals surface area contributed by atoms with Crippen LogP contribution >= 0.6 is 11.8 Å². The van der Waals surface area contributed by atoms with Crippen LogP contribution in [0.2, 0.25) is 0 Å². The maximum absolute atomic E-state index is 13.3. The number of amides is 1. The lowest BCUT2D eigenvalue weighted by atomic mass is 9.93. The first-order chi connectivity index (χ1) is 16.7. The molecule has 4 rings (SSSR count). The lowest BCUT2D eigenvalue weighted by Crippen LogP contribution is -2.39. The van der Waals surface area contributed by atoms with Gasteiger partial charge in [-0.1, -0.05) is 48.2 Å². The van der Waals surface area contributed by atoms with Crippen molar-refractivity contribution < 1.29 is 14.3 Å². The van der Waals surface area contributed by atoms with E-state index in [0.717, 1.165) is 22.1 Å². The van der Waals surface area contributed by atoms with Crippen LogP contribution in [0.15, 0.2) is 82.1 Å². The number of allylic oxidation sites excluding steroid dienone is 1. The van der Waals surface area contributed by atoms with Crippen molar-refractivity contribution in [2.75, 3.05) is 6.54 Å². The Morgan fingerprint density at radius 1 is 1.11 bits per heavy atom. The highest BCUT2D eigenvalue weighted by Crippen LogP contribution is 2.45. The molecule has 3 heterocycles. The third kappa shape index (κ3) is 6.00. The number of esters is 1. The Morgan fingerprint density at radius 2 is 1.86 bits per heavy atom. The Bertz CT molecular complexity index is 1180. The summed E-state index contributed by atoms with van der Waals surface area (Å²) >= 11 is 1.46. The molecule has 0 aliphatic carbocycles. The zero-order chi connectivity index (χ0) is 25.0. The second kappa shape index (κ2) is 10.5. The SMILES string of the molecule is CC1=C(C(=O)OC(C)(C)C)[C@H](c2ccccc2)N2C(CC(=O)NCCc3ccccn3)=CSC2=N1. The quantitative estimate of drug-likeness (QED) is 0.564. The summed E-state index contributed by atoms with van der Waals surface area (Å²) < 4.78 is 5.76. The molecule has 1 amide bonds. The number of pyridine rings is 1. The molecular formula is C27H30N4O3S. The Labute approximate surface area is 210 Å². The largest absolute Gasteiger partial charge is 0.456 e. The minimum atomic E-state index is -0.637. The van der Waals surface area contributed by atoms with Gasteiger partial charge in [-0.2, -0.15) is 0 Å². The third-order valence-electron chi connectivity index (χ3n) is 5.51. The van der Waals surface area contributed by atoms with E-state index in [1.54, 1.807) is 6.20 Å². The van der Waals surface area contributed by atoms with E-state index >= 15 is 0 Å². The van der Waals surface area contributed by atoms with Crippen LogP contribution in [0, 0.1) is 0 Å². The van der Waals surface area contributed by atoms with Gasteiger partial charge in [-0.15, -0.1) is 0 Å². The van der Waals surface area contributed by atoms with Gasteiger partial charge in [0, 0.05) is 30.6 Å². The molecule has 0 spiro atoms. The van der Waals surface area contributed by atoms with Gasteiger partial charge in [-0.05, 0) is 50.8 Å². The van der Waals surface area contributed by atoms with Gasteiger partial charge in [0.1, 0.15) is 5.60 Å². The van der Waals surface area contributed by atoms with Gasteiger partial charge in [0.05, 0.1) is 23.7 Å². The van der Waals surface area contributed by atoms with Crippen LogP contribution in [-0.2, 0) is 20.7 Å². The summed E-state index contributed by atoms with van der Waals surface area (Å²) in [6.45, 7) is 7.89. The molecule has 0 saturated heterocycles. The van der Waals surface area contributed by atoms with Crippen LogP contribution in [0.1, 0.15) is 51.4 Å². The molecule has 35 heavy (non-hydrogen) atoms. The summed E-state index contributed by atoms with van der Waals surface area (Å²) in [7, 11) is 0. The summed E-state index contributed by atoms with van der Waals surface area (Å²) in [5.41, 5.74) is 3.14. The van der Waals surface area contributed by atoms with Gasteiger partial charge in [0.2, 0.25) is 5.91 Å². The Morgan fingerprint density at radius 3 is 2.54 bits per heavy atom. The molecule has 182 valence electrons. The number of carbonyl (C=O) groups is 2. The highest BCUT2D eigenvalue weighted by Gasteiger charge is 2.41. The van der Waals surface area contributed by atoms with Gasteiger partial charge in [-0.25, -0.2) is 9.79 Å². The van der Waals surface area contributed by atoms with Gasteiger partial charge >= 0.3 is 5.97 Å². The highest BCUT2D eigenvalue weighted by atomic mass is 32.2. The standard InChI is InChI=1S/C27H30N4O3S/c1-18-23(25(33)34-27(2,3)4)24(19-10-6-5-7-11-19)31-21(17-35-26(31)30-18)16-22(32)29-15-13-20-12-8-9-14-28-20/h5-12,14,17,24H,13,15-16H2,1-4H3,(H,29,32)/t24-/m0/s1. The Balaban J connectivity index is 1.55. The number of carbonyl (C=O) groups excluding carboxylic acids is 2. The van der Waals surface area contributed by atoms with E-state index in [-0.39, 0.29) is 12.3 Å². The lowest BCUT2D eigenvalue weighted by Gasteiger charge is -2.37. The maximum atomic E-state index is 13.3. The molecular weight excluding hydrogens is 460 g/mol. The molecule has 1 N–H and O–H groups in total. The topological polar surface area (TPSA) is 83.9 Å². The molecule has 8 heteroatoms. The highest BCUT2D eigenvalue weighted by molar-refractivity contribution is 8.16. The molecule has 1 aromatic heterocycles. The summed E-state index contributed by atoms with van der Waals surface area (Å²) in [5, 5.41) is 5.68. The zero-order valence-corrected chi connectivity index (χ0v) is 21.3. The van der Waals surface area contributed by atoms with E-state index in [4.69, 9.17) is 9.73 Å². The number of thioether (sulfide) groups is 1. The monoisotopic (exact) mass is 490 g/mol. The van der Waals surface area contributed by atoms with Crippen LogP contribution in [0.3, 0.4) is 0 Å². The van der Waals surface area contributed by atoms with Crippen LogP contribution in [0.4, 0.5) is 0 Å². The zero-order valence-electron chi connectivity index (χ0n) is 20.4. The number of aromatic nitrogens is 1. The number of fused-ring (bicyclic) bond motifs is 1. The van der Waals surface area contributed by atoms with Gasteiger partial charge in [0.25, 0.3) is 0 Å². The fraction of sp³-hybridized carbons (Fsp3) is 0.333. The second-order valence-electron chi connectivity index (χ2n) is 9.40. The van der Waals surface area contributed by atoms with Crippen molar-refractivity contribution in [3.63, 3.8) is 0 Å². The van der Waals surface area contributed by atoms with Crippen molar-refractivity contribution in [3.05, 3.63) is 88.4 Å². The molecule has 0 saturated carbocycles. The number of nitrogens with zero attached hydrogens (tertiary/aromatic N) is 3. The summed E-state index contributed by atoms with van der Waals surface area (Å²) in [6, 6.07) is 15.1. The summed E-state index contributed by atoms with van der Waals surface area (Å²) in [6.07, 6.45) is 2.59. The van der Waals surface area contributed by atoms with E-state index in [0.29, 0.717) is 24.2 Å². The smallest absolute Gasteiger partial charge is 0.338 e. The molecule has 0 fully saturated rings. The predicted molar refractivity (Wildman–Crippen MR) is 138 cm³/mol. The number of nitrogens with one attached hydrogen (secondary N) is 1. The minimum Gasteiger partial charge on any atom is -0.456 e. The molecule has 2 aliphatic rings. The van der Waals surface area contributed by atoms with Crippen molar-refractivity contribution in [1.29, 1.82) is 0 Å². The van der Waals surface area contributed by atoms with E-state index in [2.05, 4.69) is 10.3 Å². The number of ether oxygens (including phenoxy) is 1. The molecule has 0 unspecified atom stereocenters. The minimum absolute atomic E-state index is 0.0917. The molecule has 2 aliphatic heterocycles. The van der Waals surface area contributed by atoms with Crippen LogP contribution < -0.4 is 5.32 Å². The summed E-state index contributed by atoms with van der Waals surface area (Å²) in [5.74, 6) is -0.492. The number of rotatable bonds is 7. The fourth-order valence-corrected chi connectivity index (χ4v) is 4.98. The van der Waals surface area contributed by atoms with Crippen LogP contribution in [0.25, 0.3) is 0 Å². The van der Waals surface area contributed by atoms with Gasteiger partial charge in [-0.3, -0.25) is 9.78 Å². The van der Waals surface area contributed by atoms with Crippen molar-refractivity contribution in [2.45, 2.75) is 52.2 Å². The second-order valence-corrected chi connectivity index (χ2v) is 10.2. The molecule has 2 aromatic rings. The van der Waals surface area contributed by atoms with Crippen LogP contribution in [0.5, 0.6) is 0 Å². The molecule has 1 atom stereocenters. The first-order valence-corrected chi connectivity index (χ1v) is 12.5. The molecule has 1 aromatic carbocycles. The Hall–Kier alpha value is -3.39. The molecule has 0 bridgehead atoms. The van der Waals surface area contributed by atoms with Crippen molar-refractivity contribution in [3.8, 4) is 0 Å². The number of benzene rings is 1. The van der Waals surface area contributed by atoms with Crippen molar-refractivity contribution in [1.82, 2.24) is 15.2 Å². The van der Waals surface area contributed by atoms with Gasteiger partial charge < -0.3 is 15.0 Å². The lowest BCUT2D eigenvalue weighted by molar-refractivity contribution is -0.150. The third-order valence-corrected chi connectivity index (χ3v) is 6.39. The molecule has 7 nitrogen and oxygen atoms in total. The average Bonchev–Trinajstić information content (AvgIpc) is 3.20. The number of aliphatic imine (C=N–C) groups is 1. The van der Waals surface area contributed by atoms with Crippen molar-refractivity contribution in [2.24, 2.45) is 4.99 Å². The predicted octanol–water partition coefficient (Wildman–Crippen LogP) is 4.75. The average molecular weight is 491 g/mol. The van der Waals surface area contributed by atoms with E-state index in [9.17, 15) is 9.59 Å². The van der Waals surface area contributed by atoms with E-state index in [1.807, 2.05) is 86.5 Å². The Kier molecular flexibility index (Phi) is 7.40. The summed E-state index contributed by atoms with van der Waals surface area (Å²) in [4.78, 5) is 37.1.